The van der Waals surface area contributed by atoms with E-state index < -0.39 is 0 Å². The zero-order chi connectivity index (χ0) is 13.2. The largest absolute Gasteiger partial charge is 0.461 e. The predicted octanol–water partition coefficient (Wildman–Crippen LogP) is 4.58. The molecule has 1 saturated carbocycles. The number of nitrogens with two attached hydrogens (primary N) is 1. The first-order valence-corrected chi connectivity index (χ1v) is 7.57. The lowest BCUT2D eigenvalue weighted by Crippen LogP contribution is -2.24. The number of benzene rings is 1. The van der Waals surface area contributed by atoms with Crippen LogP contribution >= 0.6 is 0 Å². The zero-order valence-corrected chi connectivity index (χ0v) is 11.7. The summed E-state index contributed by atoms with van der Waals surface area (Å²) in [6.45, 7) is 2.15. The van der Waals surface area contributed by atoms with E-state index >= 15 is 0 Å². The smallest absolute Gasteiger partial charge is 0.134 e. The minimum Gasteiger partial charge on any atom is -0.461 e. The average molecular weight is 257 g/mol. The van der Waals surface area contributed by atoms with Gasteiger partial charge in [0.25, 0.3) is 0 Å². The van der Waals surface area contributed by atoms with Crippen LogP contribution in [0.5, 0.6) is 0 Å². The molecule has 1 aliphatic carbocycles. The summed E-state index contributed by atoms with van der Waals surface area (Å²) in [6.07, 6.45) is 7.49. The van der Waals surface area contributed by atoms with Crippen LogP contribution in [0.4, 0.5) is 0 Å². The molecule has 2 heteroatoms. The van der Waals surface area contributed by atoms with Crippen molar-refractivity contribution in [2.75, 3.05) is 0 Å². The van der Waals surface area contributed by atoms with Crippen molar-refractivity contribution >= 4 is 11.0 Å². The Bertz CT molecular complexity index is 551. The first kappa shape index (κ1) is 12.7. The summed E-state index contributed by atoms with van der Waals surface area (Å²) in [5, 5.41) is 1.22. The molecule has 0 saturated heterocycles. The van der Waals surface area contributed by atoms with Crippen molar-refractivity contribution in [3.05, 3.63) is 35.6 Å². The number of hydrogen-bond donors (Lipinski definition) is 1. The minimum atomic E-state index is 0.138. The molecule has 1 unspecified atom stereocenters. The lowest BCUT2D eigenvalue weighted by molar-refractivity contribution is 0.306. The molecule has 1 fully saturated rings. The minimum absolute atomic E-state index is 0.138. The van der Waals surface area contributed by atoms with E-state index in [1.165, 1.54) is 43.1 Å². The van der Waals surface area contributed by atoms with Gasteiger partial charge >= 0.3 is 0 Å². The number of furan rings is 1. The Morgan fingerprint density at radius 1 is 1.21 bits per heavy atom. The molecule has 2 aromatic rings. The summed E-state index contributed by atoms with van der Waals surface area (Å²) < 4.78 is 5.98. The Morgan fingerprint density at radius 3 is 2.68 bits per heavy atom. The van der Waals surface area contributed by atoms with Crippen LogP contribution in [0, 0.1) is 5.92 Å². The molecule has 19 heavy (non-hydrogen) atoms. The Morgan fingerprint density at radius 2 is 1.95 bits per heavy atom. The number of rotatable bonds is 3. The highest BCUT2D eigenvalue weighted by Gasteiger charge is 2.27. The number of aryl methyl sites for hydroxylation is 1. The van der Waals surface area contributed by atoms with Crippen LogP contribution in [0.2, 0.25) is 0 Å². The second-order valence-corrected chi connectivity index (χ2v) is 5.71. The molecule has 1 heterocycles. The van der Waals surface area contributed by atoms with E-state index in [4.69, 9.17) is 10.2 Å². The molecule has 0 spiro atoms. The third-order valence-corrected chi connectivity index (χ3v) is 4.52. The molecule has 1 aliphatic rings. The monoisotopic (exact) mass is 257 g/mol. The summed E-state index contributed by atoms with van der Waals surface area (Å²) in [6, 6.07) is 8.44. The van der Waals surface area contributed by atoms with Crippen molar-refractivity contribution in [3.8, 4) is 0 Å². The highest BCUT2D eigenvalue weighted by molar-refractivity contribution is 5.82. The molecule has 102 valence electrons. The fourth-order valence-electron chi connectivity index (χ4n) is 3.47. The van der Waals surface area contributed by atoms with Gasteiger partial charge in [0.1, 0.15) is 11.3 Å². The standard InChI is InChI=1S/C17H23NO/c1-2-14-16(13-10-6-7-11-15(13)19-14)17(18)12-8-4-3-5-9-12/h6-7,10-12,17H,2-5,8-9,18H2,1H3. The van der Waals surface area contributed by atoms with Gasteiger partial charge in [-0.25, -0.2) is 0 Å². The van der Waals surface area contributed by atoms with E-state index in [0.717, 1.165) is 17.8 Å². The summed E-state index contributed by atoms with van der Waals surface area (Å²) in [5.74, 6) is 1.71. The zero-order valence-electron chi connectivity index (χ0n) is 11.7. The maximum absolute atomic E-state index is 6.60. The van der Waals surface area contributed by atoms with Crippen molar-refractivity contribution in [2.45, 2.75) is 51.5 Å². The van der Waals surface area contributed by atoms with Crippen molar-refractivity contribution in [3.63, 3.8) is 0 Å². The highest BCUT2D eigenvalue weighted by atomic mass is 16.3. The van der Waals surface area contributed by atoms with Crippen LogP contribution in [-0.2, 0) is 6.42 Å². The van der Waals surface area contributed by atoms with Crippen LogP contribution < -0.4 is 5.73 Å². The van der Waals surface area contributed by atoms with Gasteiger partial charge in [-0.05, 0) is 24.8 Å². The molecule has 0 radical (unpaired) electrons. The van der Waals surface area contributed by atoms with Gasteiger partial charge in [0.2, 0.25) is 0 Å². The van der Waals surface area contributed by atoms with Gasteiger partial charge in [0, 0.05) is 23.4 Å². The van der Waals surface area contributed by atoms with Crippen LogP contribution in [0.25, 0.3) is 11.0 Å². The first-order chi connectivity index (χ1) is 9.31. The molecule has 1 aromatic carbocycles. The van der Waals surface area contributed by atoms with Gasteiger partial charge in [-0.15, -0.1) is 0 Å². The number of para-hydroxylation sites is 1. The van der Waals surface area contributed by atoms with E-state index in [1.807, 2.05) is 12.1 Å². The molecule has 1 aromatic heterocycles. The van der Waals surface area contributed by atoms with Gasteiger partial charge < -0.3 is 10.2 Å². The van der Waals surface area contributed by atoms with E-state index in [2.05, 4.69) is 19.1 Å². The lowest BCUT2D eigenvalue weighted by Gasteiger charge is -2.27. The van der Waals surface area contributed by atoms with Gasteiger partial charge in [-0.3, -0.25) is 0 Å². The molecular weight excluding hydrogens is 234 g/mol. The van der Waals surface area contributed by atoms with Crippen LogP contribution in [-0.4, -0.2) is 0 Å². The van der Waals surface area contributed by atoms with Crippen molar-refractivity contribution in [1.82, 2.24) is 0 Å². The average Bonchev–Trinajstić information content (AvgIpc) is 2.86. The summed E-state index contributed by atoms with van der Waals surface area (Å²) in [7, 11) is 0. The van der Waals surface area contributed by atoms with Gasteiger partial charge in [0.05, 0.1) is 0 Å². The van der Waals surface area contributed by atoms with E-state index in [-0.39, 0.29) is 6.04 Å². The van der Waals surface area contributed by atoms with Crippen LogP contribution in [0.3, 0.4) is 0 Å². The second kappa shape index (κ2) is 5.38. The molecule has 2 N–H and O–H groups in total. The lowest BCUT2D eigenvalue weighted by atomic mass is 9.80. The molecule has 0 bridgehead atoms. The van der Waals surface area contributed by atoms with Crippen LogP contribution in [0.15, 0.2) is 28.7 Å². The first-order valence-electron chi connectivity index (χ1n) is 7.57. The van der Waals surface area contributed by atoms with Gasteiger partial charge in [0.15, 0.2) is 0 Å². The normalized spacial score (nSPS) is 18.8. The maximum Gasteiger partial charge on any atom is 0.134 e. The Balaban J connectivity index is 2.02. The van der Waals surface area contributed by atoms with Gasteiger partial charge in [-0.2, -0.15) is 0 Å². The third-order valence-electron chi connectivity index (χ3n) is 4.52. The molecule has 0 amide bonds. The fraction of sp³-hybridized carbons (Fsp3) is 0.529. The topological polar surface area (TPSA) is 39.2 Å². The fourth-order valence-corrected chi connectivity index (χ4v) is 3.47. The van der Waals surface area contributed by atoms with E-state index in [1.54, 1.807) is 0 Å². The predicted molar refractivity (Wildman–Crippen MR) is 79.1 cm³/mol. The Hall–Kier alpha value is -1.28. The molecule has 0 aliphatic heterocycles. The summed E-state index contributed by atoms with van der Waals surface area (Å²) >= 11 is 0. The number of fused-ring (bicyclic) bond motifs is 1. The summed E-state index contributed by atoms with van der Waals surface area (Å²) in [4.78, 5) is 0. The van der Waals surface area contributed by atoms with E-state index in [9.17, 15) is 0 Å². The Labute approximate surface area is 115 Å². The molecule has 3 rings (SSSR count). The maximum atomic E-state index is 6.60. The quantitative estimate of drug-likeness (QED) is 0.874. The van der Waals surface area contributed by atoms with Gasteiger partial charge in [-0.1, -0.05) is 44.4 Å². The SMILES string of the molecule is CCc1oc2ccccc2c1C(N)C1CCCCC1. The number of hydrogen-bond acceptors (Lipinski definition) is 2. The van der Waals surface area contributed by atoms with Crippen molar-refractivity contribution < 1.29 is 4.42 Å². The van der Waals surface area contributed by atoms with Crippen LogP contribution in [0.1, 0.15) is 56.4 Å². The molecular formula is C17H23NO. The summed E-state index contributed by atoms with van der Waals surface area (Å²) in [5.41, 5.74) is 8.85. The second-order valence-electron chi connectivity index (χ2n) is 5.71. The third kappa shape index (κ3) is 2.30. The highest BCUT2D eigenvalue weighted by Crippen LogP contribution is 2.38. The molecule has 1 atom stereocenters. The van der Waals surface area contributed by atoms with Crippen molar-refractivity contribution in [2.24, 2.45) is 11.7 Å². The van der Waals surface area contributed by atoms with Crippen molar-refractivity contribution in [1.29, 1.82) is 0 Å². The molecule has 2 nitrogen and oxygen atoms in total. The van der Waals surface area contributed by atoms with E-state index in [0.29, 0.717) is 5.92 Å². The Kier molecular flexibility index (Phi) is 3.61.